The van der Waals surface area contributed by atoms with E-state index in [1.54, 1.807) is 6.08 Å². The number of rotatable bonds is 14. The van der Waals surface area contributed by atoms with Crippen LogP contribution in [0.15, 0.2) is 23.5 Å². The van der Waals surface area contributed by atoms with Crippen molar-refractivity contribution in [1.29, 1.82) is 0 Å². The maximum Gasteiger partial charge on any atom is 0.302 e. The molecule has 0 aliphatic heterocycles. The molecule has 2 unspecified atom stereocenters. The maximum absolute atomic E-state index is 11.4. The van der Waals surface area contributed by atoms with Gasteiger partial charge in [0.1, 0.15) is 18.0 Å². The fraction of sp³-hybridized carbons (Fsp3) is 0.773. The average Bonchev–Trinajstić information content (AvgIpc) is 2.62. The van der Waals surface area contributed by atoms with E-state index in [1.165, 1.54) is 65.1 Å². The second kappa shape index (κ2) is 13.8. The van der Waals surface area contributed by atoms with Gasteiger partial charge in [-0.25, -0.2) is 0 Å². The zero-order valence-electron chi connectivity index (χ0n) is 17.3. The molecule has 0 radical (unpaired) electrons. The molecule has 1 rings (SSSR count). The molecule has 1 aliphatic rings. The molecule has 5 nitrogen and oxygen atoms in total. The molecule has 0 aromatic heterocycles. The Labute approximate surface area is 164 Å². The van der Waals surface area contributed by atoms with Gasteiger partial charge in [-0.15, -0.1) is 0 Å². The summed E-state index contributed by atoms with van der Waals surface area (Å²) in [5, 5.41) is 20.2. The minimum atomic E-state index is -0.889. The Hall–Kier alpha value is -1.33. The average molecular weight is 383 g/mol. The lowest BCUT2D eigenvalue weighted by Crippen LogP contribution is -2.27. The lowest BCUT2D eigenvalue weighted by molar-refractivity contribution is -0.146. The Balaban J connectivity index is 2.37. The number of ether oxygens (including phenoxy) is 2. The van der Waals surface area contributed by atoms with E-state index in [9.17, 15) is 15.0 Å². The molecule has 0 bridgehead atoms. The zero-order valence-corrected chi connectivity index (χ0v) is 17.3. The van der Waals surface area contributed by atoms with Gasteiger partial charge in [0.25, 0.3) is 0 Å². The van der Waals surface area contributed by atoms with Crippen molar-refractivity contribution >= 4 is 5.97 Å². The van der Waals surface area contributed by atoms with E-state index in [0.29, 0.717) is 17.8 Å². The third kappa shape index (κ3) is 9.96. The van der Waals surface area contributed by atoms with Crippen molar-refractivity contribution in [2.75, 3.05) is 7.11 Å². The van der Waals surface area contributed by atoms with Crippen LogP contribution in [0.4, 0.5) is 0 Å². The number of hydrogen-bond acceptors (Lipinski definition) is 5. The summed E-state index contributed by atoms with van der Waals surface area (Å²) in [7, 11) is 1.47. The summed E-state index contributed by atoms with van der Waals surface area (Å²) >= 11 is 0. The first-order chi connectivity index (χ1) is 13.0. The summed E-state index contributed by atoms with van der Waals surface area (Å²) in [6.45, 7) is 3.64. The molecule has 1 aliphatic carbocycles. The van der Waals surface area contributed by atoms with E-state index in [-0.39, 0.29) is 12.1 Å². The molecule has 3 atom stereocenters. The molecule has 156 valence electrons. The van der Waals surface area contributed by atoms with Crippen LogP contribution in [0, 0.1) is 0 Å². The van der Waals surface area contributed by atoms with Gasteiger partial charge >= 0.3 is 5.97 Å². The summed E-state index contributed by atoms with van der Waals surface area (Å²) in [5.74, 6) is 0.0227. The number of hydrogen-bond donors (Lipinski definition) is 2. The number of esters is 1. The SMILES string of the molecule is CCCCCCCCCCC[C@H](CC1=CC(O)C=C(OC)C1O)OC(C)=O. The summed E-state index contributed by atoms with van der Waals surface area (Å²) in [5.41, 5.74) is 0.643. The van der Waals surface area contributed by atoms with Gasteiger partial charge in [0.15, 0.2) is 0 Å². The van der Waals surface area contributed by atoms with Crippen LogP contribution in [0.3, 0.4) is 0 Å². The first kappa shape index (κ1) is 23.7. The minimum absolute atomic E-state index is 0.281. The van der Waals surface area contributed by atoms with Gasteiger partial charge in [-0.1, -0.05) is 58.3 Å². The van der Waals surface area contributed by atoms with E-state index >= 15 is 0 Å². The van der Waals surface area contributed by atoms with Crippen molar-refractivity contribution in [3.05, 3.63) is 23.5 Å². The number of carbonyl (C=O) groups is 1. The molecular formula is C22H38O5. The van der Waals surface area contributed by atoms with Gasteiger partial charge < -0.3 is 19.7 Å². The summed E-state index contributed by atoms with van der Waals surface area (Å²) in [6, 6.07) is 0. The topological polar surface area (TPSA) is 76.0 Å². The smallest absolute Gasteiger partial charge is 0.302 e. The first-order valence-corrected chi connectivity index (χ1v) is 10.5. The molecule has 0 amide bonds. The highest BCUT2D eigenvalue weighted by Crippen LogP contribution is 2.26. The van der Waals surface area contributed by atoms with Crippen LogP contribution < -0.4 is 0 Å². The largest absolute Gasteiger partial charge is 0.498 e. The van der Waals surface area contributed by atoms with Crippen LogP contribution >= 0.6 is 0 Å². The molecule has 5 heteroatoms. The fourth-order valence-corrected chi connectivity index (χ4v) is 3.54. The Kier molecular flexibility index (Phi) is 12.1. The third-order valence-corrected chi connectivity index (χ3v) is 5.00. The van der Waals surface area contributed by atoms with Gasteiger partial charge in [-0.3, -0.25) is 4.79 Å². The van der Waals surface area contributed by atoms with Crippen LogP contribution in [-0.2, 0) is 14.3 Å². The van der Waals surface area contributed by atoms with E-state index in [0.717, 1.165) is 19.3 Å². The lowest BCUT2D eigenvalue weighted by Gasteiger charge is -2.26. The fourth-order valence-electron chi connectivity index (χ4n) is 3.54. The second-order valence-electron chi connectivity index (χ2n) is 7.46. The third-order valence-electron chi connectivity index (χ3n) is 5.00. The molecule has 0 aromatic rings. The van der Waals surface area contributed by atoms with Crippen LogP contribution in [-0.4, -0.2) is 41.6 Å². The molecule has 0 spiro atoms. The number of aliphatic hydroxyl groups excluding tert-OH is 2. The monoisotopic (exact) mass is 382 g/mol. The normalized spacial score (nSPS) is 20.6. The quantitative estimate of drug-likeness (QED) is 0.264. The van der Waals surface area contributed by atoms with Crippen LogP contribution in [0.25, 0.3) is 0 Å². The molecule has 0 saturated heterocycles. The maximum atomic E-state index is 11.4. The van der Waals surface area contributed by atoms with E-state index in [1.807, 2.05) is 0 Å². The van der Waals surface area contributed by atoms with Crippen LogP contribution in [0.1, 0.15) is 84.5 Å². The van der Waals surface area contributed by atoms with E-state index < -0.39 is 12.2 Å². The molecule has 0 heterocycles. The van der Waals surface area contributed by atoms with Crippen molar-refractivity contribution in [3.8, 4) is 0 Å². The van der Waals surface area contributed by atoms with Crippen molar-refractivity contribution in [2.24, 2.45) is 0 Å². The van der Waals surface area contributed by atoms with E-state index in [2.05, 4.69) is 6.92 Å². The predicted octanol–water partition coefficient (Wildman–Crippen LogP) is 4.42. The van der Waals surface area contributed by atoms with Crippen LogP contribution in [0.5, 0.6) is 0 Å². The number of methoxy groups -OCH3 is 1. The molecule has 0 aromatic carbocycles. The standard InChI is InChI=1S/C22H38O5/c1-4-5-6-7-8-9-10-11-12-13-20(27-17(2)23)15-18-14-19(24)16-21(26-3)22(18)25/h14,16,19-20,22,24-25H,4-13,15H2,1-3H3/t19?,20-,22?/m1/s1. The number of unbranched alkanes of at least 4 members (excludes halogenated alkanes) is 8. The highest BCUT2D eigenvalue weighted by Gasteiger charge is 2.26. The molecule has 0 saturated carbocycles. The first-order valence-electron chi connectivity index (χ1n) is 10.5. The highest BCUT2D eigenvalue weighted by molar-refractivity contribution is 5.66. The Morgan fingerprint density at radius 3 is 2.19 bits per heavy atom. The predicted molar refractivity (Wildman–Crippen MR) is 107 cm³/mol. The lowest BCUT2D eigenvalue weighted by atomic mass is 9.92. The van der Waals surface area contributed by atoms with Gasteiger partial charge in [-0.05, 0) is 30.6 Å². The van der Waals surface area contributed by atoms with Gasteiger partial charge in [0, 0.05) is 13.3 Å². The Morgan fingerprint density at radius 2 is 1.63 bits per heavy atom. The number of carbonyl (C=O) groups excluding carboxylic acids is 1. The van der Waals surface area contributed by atoms with Gasteiger partial charge in [-0.2, -0.15) is 0 Å². The zero-order chi connectivity index (χ0) is 20.1. The summed E-state index contributed by atoms with van der Waals surface area (Å²) < 4.78 is 10.6. The highest BCUT2D eigenvalue weighted by atomic mass is 16.5. The minimum Gasteiger partial charge on any atom is -0.498 e. The van der Waals surface area contributed by atoms with Crippen molar-refractivity contribution < 1.29 is 24.5 Å². The van der Waals surface area contributed by atoms with E-state index in [4.69, 9.17) is 9.47 Å². The van der Waals surface area contributed by atoms with Crippen molar-refractivity contribution in [1.82, 2.24) is 0 Å². The van der Waals surface area contributed by atoms with Crippen molar-refractivity contribution in [3.63, 3.8) is 0 Å². The second-order valence-corrected chi connectivity index (χ2v) is 7.46. The molecule has 0 fully saturated rings. The van der Waals surface area contributed by atoms with Gasteiger partial charge in [0.05, 0.1) is 13.2 Å². The Bertz CT molecular complexity index is 483. The van der Waals surface area contributed by atoms with Crippen molar-refractivity contribution in [2.45, 2.75) is 103 Å². The summed E-state index contributed by atoms with van der Waals surface area (Å²) in [4.78, 5) is 11.4. The Morgan fingerprint density at radius 1 is 1.04 bits per heavy atom. The number of aliphatic hydroxyl groups is 2. The molecule has 2 N–H and O–H groups in total. The summed E-state index contributed by atoms with van der Waals surface area (Å²) in [6.07, 6.45) is 13.5. The van der Waals surface area contributed by atoms with Crippen LogP contribution in [0.2, 0.25) is 0 Å². The molecular weight excluding hydrogens is 344 g/mol. The van der Waals surface area contributed by atoms with Gasteiger partial charge in [0.2, 0.25) is 0 Å². The molecule has 27 heavy (non-hydrogen) atoms.